The average Bonchev–Trinajstić information content (AvgIpc) is 3.24. The first-order chi connectivity index (χ1) is 20.3. The van der Waals surface area contributed by atoms with Crippen molar-refractivity contribution in [1.29, 1.82) is 0 Å². The maximum atomic E-state index is 13.3. The van der Waals surface area contributed by atoms with E-state index in [9.17, 15) is 30.7 Å². The van der Waals surface area contributed by atoms with Gasteiger partial charge in [0.2, 0.25) is 0 Å². The number of rotatable bonds is 8. The maximum Gasteiger partial charge on any atom is 0.298 e. The molecule has 0 saturated heterocycles. The number of hydrogen-bond acceptors (Lipinski definition) is 8. The molecule has 4 aromatic carbocycles. The van der Waals surface area contributed by atoms with Crippen LogP contribution in [0.3, 0.4) is 0 Å². The molecule has 0 fully saturated rings. The molecule has 0 aliphatic carbocycles. The molecule has 4 aromatic rings. The van der Waals surface area contributed by atoms with Gasteiger partial charge in [-0.15, -0.1) is 0 Å². The van der Waals surface area contributed by atoms with Crippen LogP contribution in [0.4, 0.5) is 17.1 Å². The highest BCUT2D eigenvalue weighted by Crippen LogP contribution is 2.33. The van der Waals surface area contributed by atoms with Crippen molar-refractivity contribution in [1.82, 2.24) is 0 Å². The van der Waals surface area contributed by atoms with Crippen LogP contribution in [0.2, 0.25) is 0 Å². The largest absolute Gasteiger partial charge is 0.492 e. The molecule has 0 spiro atoms. The zero-order chi connectivity index (χ0) is 31.1. The molecule has 0 unspecified atom stereocenters. The summed E-state index contributed by atoms with van der Waals surface area (Å²) in [5.41, 5.74) is 3.38. The van der Waals surface area contributed by atoms with E-state index >= 15 is 0 Å². The van der Waals surface area contributed by atoms with Crippen LogP contribution in [-0.2, 0) is 25.0 Å². The Bertz CT molecular complexity index is 2040. The Morgan fingerprint density at radius 2 is 1.51 bits per heavy atom. The fraction of sp³-hybridized carbons (Fsp3) is 0.133. The Kier molecular flexibility index (Phi) is 7.84. The van der Waals surface area contributed by atoms with Crippen LogP contribution in [0, 0.1) is 0 Å². The summed E-state index contributed by atoms with van der Waals surface area (Å²) in [6.45, 7) is 3.68. The Balaban J connectivity index is 1.37. The smallest absolute Gasteiger partial charge is 0.298 e. The summed E-state index contributed by atoms with van der Waals surface area (Å²) in [6.07, 6.45) is 1.72. The number of hydrogen-bond donors (Lipinski definition) is 2. The van der Waals surface area contributed by atoms with Crippen molar-refractivity contribution in [3.63, 3.8) is 0 Å². The second kappa shape index (κ2) is 11.3. The second-order valence-corrected chi connectivity index (χ2v) is 12.5. The number of amides is 1. The monoisotopic (exact) mass is 621 g/mol. The number of anilines is 3. The van der Waals surface area contributed by atoms with Gasteiger partial charge in [0, 0.05) is 18.4 Å². The summed E-state index contributed by atoms with van der Waals surface area (Å²) < 4.78 is 71.0. The molecule has 1 heterocycles. The first-order valence-electron chi connectivity index (χ1n) is 13.0. The Hall–Kier alpha value is -4.56. The lowest BCUT2D eigenvalue weighted by atomic mass is 10.1. The van der Waals surface area contributed by atoms with E-state index in [0.29, 0.717) is 33.4 Å². The summed E-state index contributed by atoms with van der Waals surface area (Å²) >= 11 is 0. The third kappa shape index (κ3) is 6.15. The normalized spacial score (nSPS) is 14.8. The number of fused-ring (bicyclic) bond motifs is 1. The molecule has 0 radical (unpaired) electrons. The number of carbonyl (C=O) groups excluding carboxylic acids is 1. The van der Waals surface area contributed by atoms with Gasteiger partial charge in [0.1, 0.15) is 10.6 Å². The van der Waals surface area contributed by atoms with Crippen molar-refractivity contribution < 1.29 is 35.5 Å². The van der Waals surface area contributed by atoms with Gasteiger partial charge in [-0.2, -0.15) is 26.9 Å². The van der Waals surface area contributed by atoms with Crippen molar-refractivity contribution >= 4 is 65.8 Å². The summed E-state index contributed by atoms with van der Waals surface area (Å²) in [5.74, 6) is -0.272. The Morgan fingerprint density at radius 3 is 2.16 bits per heavy atom. The van der Waals surface area contributed by atoms with E-state index < -0.39 is 20.2 Å². The zero-order valence-electron chi connectivity index (χ0n) is 23.3. The predicted octanol–water partition coefficient (Wildman–Crippen LogP) is 5.31. The van der Waals surface area contributed by atoms with E-state index in [-0.39, 0.29) is 28.1 Å². The molecule has 222 valence electrons. The van der Waals surface area contributed by atoms with Crippen LogP contribution in [-0.4, -0.2) is 51.2 Å². The summed E-state index contributed by atoms with van der Waals surface area (Å²) in [6, 6.07) is 20.9. The minimum Gasteiger partial charge on any atom is -0.492 e. The molecule has 43 heavy (non-hydrogen) atoms. The van der Waals surface area contributed by atoms with Crippen molar-refractivity contribution in [2.24, 2.45) is 5.10 Å². The van der Waals surface area contributed by atoms with Crippen LogP contribution < -0.4 is 14.6 Å². The molecule has 0 aromatic heterocycles. The van der Waals surface area contributed by atoms with E-state index in [2.05, 4.69) is 5.10 Å². The molecule has 0 saturated carbocycles. The fourth-order valence-electron chi connectivity index (χ4n) is 4.65. The highest BCUT2D eigenvalue weighted by atomic mass is 32.2. The molecule has 0 bridgehead atoms. The number of hydrazone groups is 1. The van der Waals surface area contributed by atoms with E-state index in [1.54, 1.807) is 62.2 Å². The summed E-state index contributed by atoms with van der Waals surface area (Å²) in [4.78, 5) is 14.5. The molecule has 13 heteroatoms. The third-order valence-electron chi connectivity index (χ3n) is 6.88. The summed E-state index contributed by atoms with van der Waals surface area (Å²) in [7, 11) is -7.09. The molecule has 1 amide bonds. The standard InChI is InChI=1S/C30H27N3O8S2/c1-4-41-28-14-12-24(18-29(28)43(38,39)40)32(3)23-9-5-20(6-10-23)15-27-19(2)31-33(30(27)34)25-11-7-22-17-26(42(35,36)37)13-8-21(22)16-25/h5-18H,4H2,1-3H3,(H,35,36,37)(H,38,39,40)/b27-15-. The van der Waals surface area contributed by atoms with E-state index in [1.807, 2.05) is 24.3 Å². The zero-order valence-corrected chi connectivity index (χ0v) is 24.9. The molecular formula is C30H27N3O8S2. The van der Waals surface area contributed by atoms with E-state index in [4.69, 9.17) is 4.74 Å². The molecule has 11 nitrogen and oxygen atoms in total. The Morgan fingerprint density at radius 1 is 0.860 bits per heavy atom. The van der Waals surface area contributed by atoms with Crippen molar-refractivity contribution in [2.75, 3.05) is 23.6 Å². The van der Waals surface area contributed by atoms with Crippen molar-refractivity contribution in [3.8, 4) is 5.75 Å². The lowest BCUT2D eigenvalue weighted by molar-refractivity contribution is -0.114. The van der Waals surface area contributed by atoms with Gasteiger partial charge < -0.3 is 9.64 Å². The average molecular weight is 622 g/mol. The molecule has 1 aliphatic heterocycles. The second-order valence-electron chi connectivity index (χ2n) is 9.72. The SMILES string of the molecule is CCOc1ccc(N(C)c2ccc(/C=C3\C(=O)N(c4ccc5cc(S(=O)(=O)O)ccc5c4)N=C3C)cc2)cc1S(=O)(=O)O. The maximum absolute atomic E-state index is 13.3. The van der Waals surface area contributed by atoms with Crippen molar-refractivity contribution in [3.05, 3.63) is 90.0 Å². The highest BCUT2D eigenvalue weighted by molar-refractivity contribution is 7.86. The minimum atomic E-state index is -4.50. The van der Waals surface area contributed by atoms with Crippen LogP contribution in [0.5, 0.6) is 5.75 Å². The topological polar surface area (TPSA) is 154 Å². The fourth-order valence-corrected chi connectivity index (χ4v) is 5.82. The Labute approximate surface area is 248 Å². The lowest BCUT2D eigenvalue weighted by Crippen LogP contribution is -2.21. The first-order valence-corrected chi connectivity index (χ1v) is 15.9. The van der Waals surface area contributed by atoms with Gasteiger partial charge in [-0.3, -0.25) is 13.9 Å². The lowest BCUT2D eigenvalue weighted by Gasteiger charge is -2.21. The first kappa shape index (κ1) is 29.9. The third-order valence-corrected chi connectivity index (χ3v) is 8.61. The number of carbonyl (C=O) groups is 1. The van der Waals surface area contributed by atoms with Gasteiger partial charge in [0.25, 0.3) is 26.1 Å². The van der Waals surface area contributed by atoms with Gasteiger partial charge in [-0.1, -0.05) is 24.3 Å². The van der Waals surface area contributed by atoms with E-state index in [1.165, 1.54) is 29.3 Å². The van der Waals surface area contributed by atoms with Gasteiger partial charge in [-0.05, 0) is 90.9 Å². The highest BCUT2D eigenvalue weighted by Gasteiger charge is 2.29. The summed E-state index contributed by atoms with van der Waals surface area (Å²) in [5, 5.41) is 6.94. The molecule has 1 aliphatic rings. The van der Waals surface area contributed by atoms with Crippen LogP contribution in [0.1, 0.15) is 19.4 Å². The molecule has 0 atom stereocenters. The number of ether oxygens (including phenoxy) is 1. The quantitative estimate of drug-likeness (QED) is 0.197. The van der Waals surface area contributed by atoms with Crippen molar-refractivity contribution in [2.45, 2.75) is 23.6 Å². The van der Waals surface area contributed by atoms with Crippen LogP contribution in [0.15, 0.2) is 99.3 Å². The molecular weight excluding hydrogens is 594 g/mol. The van der Waals surface area contributed by atoms with Gasteiger partial charge in [0.05, 0.1) is 28.5 Å². The number of benzene rings is 4. The minimum absolute atomic E-state index is 0.0615. The van der Waals surface area contributed by atoms with Crippen LogP contribution in [0.25, 0.3) is 16.8 Å². The predicted molar refractivity (Wildman–Crippen MR) is 164 cm³/mol. The molecule has 5 rings (SSSR count). The van der Waals surface area contributed by atoms with Gasteiger partial charge >= 0.3 is 0 Å². The van der Waals surface area contributed by atoms with Crippen LogP contribution >= 0.6 is 0 Å². The molecule has 2 N–H and O–H groups in total. The number of nitrogens with zero attached hydrogens (tertiary/aromatic N) is 3. The van der Waals surface area contributed by atoms with E-state index in [0.717, 1.165) is 11.3 Å². The van der Waals surface area contributed by atoms with Gasteiger partial charge in [0.15, 0.2) is 0 Å². The van der Waals surface area contributed by atoms with Gasteiger partial charge in [-0.25, -0.2) is 0 Å².